The number of aryl methyl sites for hydroxylation is 1. The predicted molar refractivity (Wildman–Crippen MR) is 145 cm³/mol. The fourth-order valence-corrected chi connectivity index (χ4v) is 4.70. The number of benzene rings is 1. The van der Waals surface area contributed by atoms with Crippen molar-refractivity contribution in [3.8, 4) is 5.75 Å². The molecule has 0 aliphatic heterocycles. The summed E-state index contributed by atoms with van der Waals surface area (Å²) in [5.74, 6) is -0.342. The summed E-state index contributed by atoms with van der Waals surface area (Å²) in [6, 6.07) is 9.38. The van der Waals surface area contributed by atoms with Crippen LogP contribution in [0, 0.1) is 0 Å². The summed E-state index contributed by atoms with van der Waals surface area (Å²) in [6.45, 7) is 6.41. The fraction of sp³-hybridized carbons (Fsp3) is 0.357. The second kappa shape index (κ2) is 11.7. The number of carbonyl (C=O) groups is 2. The molecule has 1 N–H and O–H groups in total. The molecule has 9 nitrogen and oxygen atoms in total. The molecule has 0 spiro atoms. The third-order valence-electron chi connectivity index (χ3n) is 5.71. The Bertz CT molecular complexity index is 1420. The van der Waals surface area contributed by atoms with Crippen LogP contribution in [0.5, 0.6) is 5.75 Å². The van der Waals surface area contributed by atoms with Crippen LogP contribution in [0.2, 0.25) is 0 Å². The van der Waals surface area contributed by atoms with Crippen molar-refractivity contribution in [3.63, 3.8) is 0 Å². The summed E-state index contributed by atoms with van der Waals surface area (Å²) >= 11 is 1.29. The standard InChI is InChI=1S/C28H31N3O6S/c1-28(2,3)37-26(33)15-29-14-18-5-6-20-12-21(8-7-19(20)11-18)31-10-9-22(13-25(31)32)36-16-24-30-23(17-38-24)27(34)35-4/h5-6,9-13,17,29H,7-8,14-16H2,1-4H3. The van der Waals surface area contributed by atoms with Gasteiger partial charge in [-0.2, -0.15) is 0 Å². The van der Waals surface area contributed by atoms with Gasteiger partial charge in [0.15, 0.2) is 5.69 Å². The highest BCUT2D eigenvalue weighted by Crippen LogP contribution is 2.27. The molecule has 0 fully saturated rings. The van der Waals surface area contributed by atoms with Crippen molar-refractivity contribution in [1.29, 1.82) is 0 Å². The highest BCUT2D eigenvalue weighted by atomic mass is 32.1. The largest absolute Gasteiger partial charge is 0.486 e. The van der Waals surface area contributed by atoms with Crippen LogP contribution in [-0.4, -0.2) is 40.7 Å². The molecule has 200 valence electrons. The number of pyridine rings is 1. The number of fused-ring (bicyclic) bond motifs is 1. The summed E-state index contributed by atoms with van der Waals surface area (Å²) in [6.07, 6.45) is 5.27. The number of ether oxygens (including phenoxy) is 3. The van der Waals surface area contributed by atoms with Crippen LogP contribution >= 0.6 is 11.3 Å². The van der Waals surface area contributed by atoms with Gasteiger partial charge in [0.1, 0.15) is 23.0 Å². The monoisotopic (exact) mass is 537 g/mol. The first kappa shape index (κ1) is 27.3. The van der Waals surface area contributed by atoms with Crippen molar-refractivity contribution in [2.45, 2.75) is 52.4 Å². The number of nitrogens with one attached hydrogen (secondary N) is 1. The normalized spacial score (nSPS) is 12.9. The zero-order valence-electron chi connectivity index (χ0n) is 21.9. The molecule has 2 aromatic heterocycles. The first-order valence-electron chi connectivity index (χ1n) is 12.2. The summed E-state index contributed by atoms with van der Waals surface area (Å²) in [5.41, 5.74) is 3.82. The number of esters is 2. The van der Waals surface area contributed by atoms with Crippen molar-refractivity contribution in [1.82, 2.24) is 14.9 Å². The van der Waals surface area contributed by atoms with Crippen LogP contribution in [-0.2, 0) is 33.8 Å². The van der Waals surface area contributed by atoms with E-state index in [1.807, 2.05) is 39.0 Å². The van der Waals surface area contributed by atoms with Crippen LogP contribution < -0.4 is 15.6 Å². The average Bonchev–Trinajstić information content (AvgIpc) is 3.35. The highest BCUT2D eigenvalue weighted by molar-refractivity contribution is 7.09. The van der Waals surface area contributed by atoms with Crippen LogP contribution in [0.3, 0.4) is 0 Å². The van der Waals surface area contributed by atoms with E-state index < -0.39 is 11.6 Å². The molecular weight excluding hydrogens is 506 g/mol. The Hall–Kier alpha value is -3.76. The summed E-state index contributed by atoms with van der Waals surface area (Å²) in [5, 5.41) is 5.36. The number of allylic oxidation sites excluding steroid dienone is 1. The zero-order chi connectivity index (χ0) is 27.3. The van der Waals surface area contributed by atoms with Gasteiger partial charge in [0, 0.05) is 29.9 Å². The van der Waals surface area contributed by atoms with Crippen LogP contribution in [0.1, 0.15) is 59.4 Å². The minimum Gasteiger partial charge on any atom is -0.486 e. The molecule has 4 rings (SSSR count). The van der Waals surface area contributed by atoms with E-state index in [1.54, 1.807) is 22.2 Å². The van der Waals surface area contributed by atoms with Gasteiger partial charge in [-0.1, -0.05) is 18.2 Å². The molecule has 2 heterocycles. The second-order valence-electron chi connectivity index (χ2n) is 9.84. The van der Waals surface area contributed by atoms with Crippen molar-refractivity contribution >= 4 is 35.0 Å². The smallest absolute Gasteiger partial charge is 0.357 e. The van der Waals surface area contributed by atoms with Crippen LogP contribution in [0.15, 0.2) is 46.7 Å². The van der Waals surface area contributed by atoms with Gasteiger partial charge in [0.05, 0.1) is 13.7 Å². The Labute approximate surface area is 225 Å². The molecule has 0 bridgehead atoms. The molecule has 10 heteroatoms. The van der Waals surface area contributed by atoms with E-state index in [4.69, 9.17) is 9.47 Å². The Morgan fingerprint density at radius 3 is 2.71 bits per heavy atom. The van der Waals surface area contributed by atoms with Crippen molar-refractivity contribution in [2.24, 2.45) is 0 Å². The van der Waals surface area contributed by atoms with Gasteiger partial charge in [-0.3, -0.25) is 14.2 Å². The summed E-state index contributed by atoms with van der Waals surface area (Å²) < 4.78 is 17.3. The van der Waals surface area contributed by atoms with Crippen molar-refractivity contribution in [3.05, 3.63) is 79.7 Å². The molecular formula is C28H31N3O6S. The molecule has 0 amide bonds. The van der Waals surface area contributed by atoms with Gasteiger partial charge >= 0.3 is 11.9 Å². The van der Waals surface area contributed by atoms with E-state index in [1.165, 1.54) is 30.1 Å². The molecule has 1 aliphatic carbocycles. The number of aromatic nitrogens is 2. The highest BCUT2D eigenvalue weighted by Gasteiger charge is 2.17. The van der Waals surface area contributed by atoms with Gasteiger partial charge < -0.3 is 19.5 Å². The van der Waals surface area contributed by atoms with Gasteiger partial charge in [0.2, 0.25) is 0 Å². The number of rotatable bonds is 9. The van der Waals surface area contributed by atoms with E-state index in [2.05, 4.69) is 21.1 Å². The number of thiazole rings is 1. The quantitative estimate of drug-likeness (QED) is 0.408. The topological polar surface area (TPSA) is 109 Å². The predicted octanol–water partition coefficient (Wildman–Crippen LogP) is 4.05. The SMILES string of the molecule is COC(=O)c1csc(COc2ccn(C3=Cc4ccc(CNCC(=O)OC(C)(C)C)cc4CC3)c(=O)c2)n1. The number of carbonyl (C=O) groups excluding carboxylic acids is 2. The first-order valence-corrected chi connectivity index (χ1v) is 13.1. The Balaban J connectivity index is 1.36. The number of hydrogen-bond acceptors (Lipinski definition) is 9. The number of nitrogens with zero attached hydrogens (tertiary/aromatic N) is 2. The molecule has 0 saturated heterocycles. The molecule has 1 aliphatic rings. The number of methoxy groups -OCH3 is 1. The minimum atomic E-state index is -0.497. The van der Waals surface area contributed by atoms with E-state index >= 15 is 0 Å². The molecule has 0 saturated carbocycles. The van der Waals surface area contributed by atoms with E-state index in [9.17, 15) is 14.4 Å². The van der Waals surface area contributed by atoms with Crippen LogP contribution in [0.4, 0.5) is 0 Å². The van der Waals surface area contributed by atoms with E-state index in [0.717, 1.165) is 29.7 Å². The molecule has 3 aromatic rings. The summed E-state index contributed by atoms with van der Waals surface area (Å²) in [4.78, 5) is 40.4. The van der Waals surface area contributed by atoms with Crippen molar-refractivity contribution < 1.29 is 23.8 Å². The van der Waals surface area contributed by atoms with Crippen molar-refractivity contribution in [2.75, 3.05) is 13.7 Å². The lowest BCUT2D eigenvalue weighted by Gasteiger charge is -2.20. The van der Waals surface area contributed by atoms with E-state index in [0.29, 0.717) is 17.3 Å². The van der Waals surface area contributed by atoms with Gasteiger partial charge in [-0.05, 0) is 62.4 Å². The molecule has 1 aromatic carbocycles. The zero-order valence-corrected chi connectivity index (χ0v) is 22.7. The molecule has 0 unspecified atom stereocenters. The Morgan fingerprint density at radius 2 is 1.97 bits per heavy atom. The molecule has 0 radical (unpaired) electrons. The lowest BCUT2D eigenvalue weighted by molar-refractivity contribution is -0.153. The average molecular weight is 538 g/mol. The maximum Gasteiger partial charge on any atom is 0.357 e. The fourth-order valence-electron chi connectivity index (χ4n) is 4.03. The van der Waals surface area contributed by atoms with Gasteiger partial charge in [0.25, 0.3) is 5.56 Å². The first-order chi connectivity index (χ1) is 18.1. The lowest BCUT2D eigenvalue weighted by Crippen LogP contribution is -2.31. The summed E-state index contributed by atoms with van der Waals surface area (Å²) in [7, 11) is 1.30. The Kier molecular flexibility index (Phi) is 8.43. The van der Waals surface area contributed by atoms with Crippen LogP contribution in [0.25, 0.3) is 11.8 Å². The maximum absolute atomic E-state index is 12.8. The second-order valence-corrected chi connectivity index (χ2v) is 10.8. The lowest BCUT2D eigenvalue weighted by atomic mass is 9.93. The Morgan fingerprint density at radius 1 is 1.16 bits per heavy atom. The molecule has 0 atom stereocenters. The number of hydrogen-bond donors (Lipinski definition) is 1. The van der Waals surface area contributed by atoms with Gasteiger partial charge in [-0.25, -0.2) is 9.78 Å². The molecule has 38 heavy (non-hydrogen) atoms. The maximum atomic E-state index is 12.8. The van der Waals surface area contributed by atoms with Gasteiger partial charge in [-0.15, -0.1) is 11.3 Å². The minimum absolute atomic E-state index is 0.149. The van der Waals surface area contributed by atoms with E-state index in [-0.39, 0.29) is 30.4 Å². The third kappa shape index (κ3) is 7.17. The third-order valence-corrected chi connectivity index (χ3v) is 6.53.